The Morgan fingerprint density at radius 2 is 2.00 bits per heavy atom. The normalized spacial score (nSPS) is 24.0. The second kappa shape index (κ2) is 9.26. The zero-order valence-corrected chi connectivity index (χ0v) is 13.5. The Bertz CT molecular complexity index is 306. The Morgan fingerprint density at radius 3 is 2.76 bits per heavy atom. The van der Waals surface area contributed by atoms with Gasteiger partial charge < -0.3 is 15.0 Å². The molecule has 2 fully saturated rings. The van der Waals surface area contributed by atoms with E-state index in [0.29, 0.717) is 6.04 Å². The average Bonchev–Trinajstić information content (AvgIpc) is 2.53. The van der Waals surface area contributed by atoms with Crippen molar-refractivity contribution in [2.45, 2.75) is 51.5 Å². The topological polar surface area (TPSA) is 44.8 Å². The smallest absolute Gasteiger partial charge is 0.317 e. The molecule has 0 radical (unpaired) electrons. The van der Waals surface area contributed by atoms with Crippen LogP contribution >= 0.6 is 0 Å². The van der Waals surface area contributed by atoms with Gasteiger partial charge in [-0.15, -0.1) is 0 Å². The molecule has 5 heteroatoms. The molecule has 0 aromatic heterocycles. The molecule has 0 aliphatic carbocycles. The molecular formula is C16H31N3O2. The van der Waals surface area contributed by atoms with Gasteiger partial charge in [0.1, 0.15) is 0 Å². The van der Waals surface area contributed by atoms with Gasteiger partial charge in [-0.1, -0.05) is 19.8 Å². The van der Waals surface area contributed by atoms with Crippen LogP contribution in [0.1, 0.15) is 45.4 Å². The van der Waals surface area contributed by atoms with Gasteiger partial charge in [0.05, 0.1) is 13.2 Å². The van der Waals surface area contributed by atoms with Crippen LogP contribution in [0, 0.1) is 0 Å². The van der Waals surface area contributed by atoms with Crippen molar-refractivity contribution in [3.05, 3.63) is 0 Å². The van der Waals surface area contributed by atoms with Crippen LogP contribution in [-0.4, -0.2) is 67.8 Å². The molecule has 2 aliphatic rings. The predicted octanol–water partition coefficient (Wildman–Crippen LogP) is 2.07. The maximum Gasteiger partial charge on any atom is 0.317 e. The van der Waals surface area contributed by atoms with E-state index >= 15 is 0 Å². The number of likely N-dealkylation sites (tertiary alicyclic amines) is 1. The molecule has 0 spiro atoms. The van der Waals surface area contributed by atoms with Crippen molar-refractivity contribution in [1.29, 1.82) is 0 Å². The quantitative estimate of drug-likeness (QED) is 0.763. The second-order valence-corrected chi connectivity index (χ2v) is 6.20. The minimum absolute atomic E-state index is 0.143. The summed E-state index contributed by atoms with van der Waals surface area (Å²) >= 11 is 0. The Morgan fingerprint density at radius 1 is 1.19 bits per heavy atom. The van der Waals surface area contributed by atoms with E-state index in [-0.39, 0.29) is 6.03 Å². The number of rotatable bonds is 6. The second-order valence-electron chi connectivity index (χ2n) is 6.20. The van der Waals surface area contributed by atoms with E-state index in [1.54, 1.807) is 0 Å². The fourth-order valence-corrected chi connectivity index (χ4v) is 3.21. The number of hydrogen-bond acceptors (Lipinski definition) is 3. The summed E-state index contributed by atoms with van der Waals surface area (Å²) in [5.74, 6) is 0. The van der Waals surface area contributed by atoms with Gasteiger partial charge in [0.15, 0.2) is 0 Å². The van der Waals surface area contributed by atoms with Crippen molar-refractivity contribution < 1.29 is 9.53 Å². The zero-order chi connectivity index (χ0) is 14.9. The van der Waals surface area contributed by atoms with Gasteiger partial charge in [0.25, 0.3) is 0 Å². The SMILES string of the molecule is CCCCCNC(=O)N1CCCCC1CN1CCOCC1. The number of morpholine rings is 1. The lowest BCUT2D eigenvalue weighted by Crippen LogP contribution is -2.54. The molecule has 0 aromatic carbocycles. The lowest BCUT2D eigenvalue weighted by molar-refractivity contribution is 0.0221. The van der Waals surface area contributed by atoms with Gasteiger partial charge in [0, 0.05) is 38.8 Å². The molecule has 1 N–H and O–H groups in total. The first-order valence-corrected chi connectivity index (χ1v) is 8.66. The summed E-state index contributed by atoms with van der Waals surface area (Å²) in [6.07, 6.45) is 7.00. The Labute approximate surface area is 129 Å². The zero-order valence-electron chi connectivity index (χ0n) is 13.5. The molecular weight excluding hydrogens is 266 g/mol. The third-order valence-electron chi connectivity index (χ3n) is 4.52. The molecule has 0 saturated carbocycles. The van der Waals surface area contributed by atoms with Crippen molar-refractivity contribution in [2.24, 2.45) is 0 Å². The van der Waals surface area contributed by atoms with E-state index in [9.17, 15) is 4.79 Å². The number of amides is 2. The van der Waals surface area contributed by atoms with E-state index in [1.165, 1.54) is 19.3 Å². The van der Waals surface area contributed by atoms with Gasteiger partial charge in [-0.3, -0.25) is 4.90 Å². The molecule has 0 bridgehead atoms. The fraction of sp³-hybridized carbons (Fsp3) is 0.938. The molecule has 1 unspecified atom stereocenters. The minimum Gasteiger partial charge on any atom is -0.379 e. The van der Waals surface area contributed by atoms with Gasteiger partial charge in [-0.2, -0.15) is 0 Å². The first kappa shape index (κ1) is 16.6. The van der Waals surface area contributed by atoms with Crippen molar-refractivity contribution in [1.82, 2.24) is 15.1 Å². The van der Waals surface area contributed by atoms with E-state index in [2.05, 4.69) is 22.0 Å². The molecule has 122 valence electrons. The molecule has 5 nitrogen and oxygen atoms in total. The summed E-state index contributed by atoms with van der Waals surface area (Å²) in [7, 11) is 0. The molecule has 1 atom stereocenters. The van der Waals surface area contributed by atoms with Crippen LogP contribution in [0.15, 0.2) is 0 Å². The fourth-order valence-electron chi connectivity index (χ4n) is 3.21. The number of ether oxygens (including phenoxy) is 1. The summed E-state index contributed by atoms with van der Waals surface area (Å²) in [4.78, 5) is 16.9. The third kappa shape index (κ3) is 5.47. The van der Waals surface area contributed by atoms with Crippen molar-refractivity contribution in [3.63, 3.8) is 0 Å². The predicted molar refractivity (Wildman–Crippen MR) is 84.5 cm³/mol. The summed E-state index contributed by atoms with van der Waals surface area (Å²) < 4.78 is 5.40. The molecule has 21 heavy (non-hydrogen) atoms. The first-order valence-electron chi connectivity index (χ1n) is 8.66. The van der Waals surface area contributed by atoms with Gasteiger partial charge >= 0.3 is 6.03 Å². The summed E-state index contributed by atoms with van der Waals surface area (Å²) in [5, 5.41) is 3.10. The lowest BCUT2D eigenvalue weighted by Gasteiger charge is -2.39. The molecule has 2 saturated heterocycles. The highest BCUT2D eigenvalue weighted by Gasteiger charge is 2.28. The largest absolute Gasteiger partial charge is 0.379 e. The number of nitrogens with one attached hydrogen (secondary N) is 1. The average molecular weight is 297 g/mol. The van der Waals surface area contributed by atoms with Crippen molar-refractivity contribution in [3.8, 4) is 0 Å². The van der Waals surface area contributed by atoms with Crippen molar-refractivity contribution in [2.75, 3.05) is 45.9 Å². The van der Waals surface area contributed by atoms with Crippen molar-refractivity contribution >= 4 is 6.03 Å². The van der Waals surface area contributed by atoms with E-state index in [0.717, 1.165) is 65.2 Å². The first-order chi connectivity index (χ1) is 10.3. The highest BCUT2D eigenvalue weighted by molar-refractivity contribution is 5.74. The number of piperidine rings is 1. The monoisotopic (exact) mass is 297 g/mol. The van der Waals surface area contributed by atoms with Crippen LogP contribution < -0.4 is 5.32 Å². The molecule has 0 aromatic rings. The maximum atomic E-state index is 12.4. The standard InChI is InChI=1S/C16H31N3O2/c1-2-3-5-8-17-16(20)19-9-6-4-7-15(19)14-18-10-12-21-13-11-18/h15H,2-14H2,1H3,(H,17,20). The summed E-state index contributed by atoms with van der Waals surface area (Å²) in [5.41, 5.74) is 0. The van der Waals surface area contributed by atoms with Crippen LogP contribution in [-0.2, 0) is 4.74 Å². The lowest BCUT2D eigenvalue weighted by atomic mass is 10.0. The van der Waals surface area contributed by atoms with Crippen LogP contribution in [0.2, 0.25) is 0 Å². The van der Waals surface area contributed by atoms with Crippen LogP contribution in [0.25, 0.3) is 0 Å². The maximum absolute atomic E-state index is 12.4. The number of nitrogens with zero attached hydrogens (tertiary/aromatic N) is 2. The Balaban J connectivity index is 1.78. The number of hydrogen-bond donors (Lipinski definition) is 1. The molecule has 2 aliphatic heterocycles. The van der Waals surface area contributed by atoms with Gasteiger partial charge in [-0.05, 0) is 25.7 Å². The van der Waals surface area contributed by atoms with Gasteiger partial charge in [-0.25, -0.2) is 4.79 Å². The van der Waals surface area contributed by atoms with Gasteiger partial charge in [0.2, 0.25) is 0 Å². The molecule has 2 amide bonds. The Kier molecular flexibility index (Phi) is 7.30. The van der Waals surface area contributed by atoms with E-state index < -0.39 is 0 Å². The molecule has 2 rings (SSSR count). The number of urea groups is 1. The summed E-state index contributed by atoms with van der Waals surface area (Å²) in [6.45, 7) is 8.58. The van der Waals surface area contributed by atoms with Crippen LogP contribution in [0.4, 0.5) is 4.79 Å². The summed E-state index contributed by atoms with van der Waals surface area (Å²) in [6, 6.07) is 0.520. The minimum atomic E-state index is 0.143. The van der Waals surface area contributed by atoms with E-state index in [4.69, 9.17) is 4.74 Å². The Hall–Kier alpha value is -0.810. The number of carbonyl (C=O) groups is 1. The highest BCUT2D eigenvalue weighted by atomic mass is 16.5. The highest BCUT2D eigenvalue weighted by Crippen LogP contribution is 2.18. The number of unbranched alkanes of at least 4 members (excludes halogenated alkanes) is 2. The van der Waals surface area contributed by atoms with E-state index in [1.807, 2.05) is 0 Å². The number of carbonyl (C=O) groups excluding carboxylic acids is 1. The van der Waals surface area contributed by atoms with Crippen LogP contribution in [0.3, 0.4) is 0 Å². The third-order valence-corrected chi connectivity index (χ3v) is 4.52. The van der Waals surface area contributed by atoms with Crippen LogP contribution in [0.5, 0.6) is 0 Å². The molecule has 2 heterocycles.